The summed E-state index contributed by atoms with van der Waals surface area (Å²) in [5.41, 5.74) is -0.0230. The highest BCUT2D eigenvalue weighted by Crippen LogP contribution is 2.14. The van der Waals surface area contributed by atoms with Crippen LogP contribution in [0.2, 0.25) is 5.02 Å². The zero-order chi connectivity index (χ0) is 14.0. The van der Waals surface area contributed by atoms with E-state index in [1.54, 1.807) is 24.3 Å². The maximum atomic E-state index is 11.1. The van der Waals surface area contributed by atoms with Crippen LogP contribution in [0, 0.1) is 0 Å². The SMILES string of the molecule is O=C(O)c1ncn(Cc2ccc(Cl)cc2)c1C(=O)O. The van der Waals surface area contributed by atoms with Gasteiger partial charge in [0.25, 0.3) is 0 Å². The van der Waals surface area contributed by atoms with Crippen LogP contribution in [-0.4, -0.2) is 31.7 Å². The molecule has 2 aromatic rings. The Morgan fingerprint density at radius 1 is 1.16 bits per heavy atom. The smallest absolute Gasteiger partial charge is 0.357 e. The lowest BCUT2D eigenvalue weighted by Crippen LogP contribution is -2.13. The fraction of sp³-hybridized carbons (Fsp3) is 0.0833. The van der Waals surface area contributed by atoms with Crippen LogP contribution in [0.1, 0.15) is 26.5 Å². The van der Waals surface area contributed by atoms with E-state index in [1.165, 1.54) is 10.9 Å². The first-order valence-electron chi connectivity index (χ1n) is 5.25. The van der Waals surface area contributed by atoms with Gasteiger partial charge in [-0.05, 0) is 17.7 Å². The van der Waals surface area contributed by atoms with Crippen LogP contribution in [0.25, 0.3) is 0 Å². The Hall–Kier alpha value is -2.34. The minimum absolute atomic E-state index is 0.207. The van der Waals surface area contributed by atoms with Gasteiger partial charge < -0.3 is 14.8 Å². The van der Waals surface area contributed by atoms with Crippen molar-refractivity contribution in [2.45, 2.75) is 6.54 Å². The molecule has 0 radical (unpaired) electrons. The molecule has 0 amide bonds. The lowest BCUT2D eigenvalue weighted by molar-refractivity contribution is 0.0640. The third kappa shape index (κ3) is 2.74. The number of aromatic carboxylic acids is 2. The quantitative estimate of drug-likeness (QED) is 0.893. The van der Waals surface area contributed by atoms with E-state index in [4.69, 9.17) is 21.8 Å². The molecule has 0 aliphatic rings. The highest BCUT2D eigenvalue weighted by molar-refractivity contribution is 6.30. The minimum atomic E-state index is -1.37. The van der Waals surface area contributed by atoms with Crippen molar-refractivity contribution >= 4 is 23.5 Å². The van der Waals surface area contributed by atoms with Crippen LogP contribution < -0.4 is 0 Å². The first kappa shape index (κ1) is 13.1. The Morgan fingerprint density at radius 3 is 2.32 bits per heavy atom. The van der Waals surface area contributed by atoms with Gasteiger partial charge in [0.1, 0.15) is 0 Å². The Kier molecular flexibility index (Phi) is 3.52. The fourth-order valence-electron chi connectivity index (χ4n) is 1.67. The van der Waals surface area contributed by atoms with Gasteiger partial charge in [0.15, 0.2) is 11.4 Å². The van der Waals surface area contributed by atoms with Gasteiger partial charge in [-0.2, -0.15) is 0 Å². The third-order valence-electron chi connectivity index (χ3n) is 2.51. The molecule has 0 saturated carbocycles. The predicted molar refractivity (Wildman–Crippen MR) is 66.7 cm³/mol. The number of carboxylic acid groups (broad SMARTS) is 2. The van der Waals surface area contributed by atoms with Crippen molar-refractivity contribution in [1.29, 1.82) is 0 Å². The Labute approximate surface area is 112 Å². The van der Waals surface area contributed by atoms with Crippen molar-refractivity contribution in [1.82, 2.24) is 9.55 Å². The molecular weight excluding hydrogens is 272 g/mol. The number of carbonyl (C=O) groups is 2. The Morgan fingerprint density at radius 2 is 1.79 bits per heavy atom. The van der Waals surface area contributed by atoms with Crippen molar-refractivity contribution in [3.8, 4) is 0 Å². The van der Waals surface area contributed by atoms with Crippen molar-refractivity contribution in [3.63, 3.8) is 0 Å². The van der Waals surface area contributed by atoms with Crippen LogP contribution in [0.3, 0.4) is 0 Å². The zero-order valence-corrected chi connectivity index (χ0v) is 10.3. The number of hydrogen-bond acceptors (Lipinski definition) is 3. The number of benzene rings is 1. The number of nitrogens with zero attached hydrogens (tertiary/aromatic N) is 2. The molecule has 6 nitrogen and oxygen atoms in total. The molecule has 1 heterocycles. The van der Waals surface area contributed by atoms with Gasteiger partial charge in [-0.1, -0.05) is 23.7 Å². The largest absolute Gasteiger partial charge is 0.476 e. The molecule has 19 heavy (non-hydrogen) atoms. The number of hydrogen-bond donors (Lipinski definition) is 2. The highest BCUT2D eigenvalue weighted by atomic mass is 35.5. The second-order valence-electron chi connectivity index (χ2n) is 3.81. The first-order valence-corrected chi connectivity index (χ1v) is 5.63. The minimum Gasteiger partial charge on any atom is -0.476 e. The zero-order valence-electron chi connectivity index (χ0n) is 9.58. The molecule has 2 rings (SSSR count). The van der Waals surface area contributed by atoms with Crippen molar-refractivity contribution < 1.29 is 19.8 Å². The second kappa shape index (κ2) is 5.11. The average molecular weight is 281 g/mol. The molecule has 1 aromatic heterocycles. The molecule has 0 unspecified atom stereocenters. The monoisotopic (exact) mass is 280 g/mol. The summed E-state index contributed by atoms with van der Waals surface area (Å²) in [6.45, 7) is 0.207. The summed E-state index contributed by atoms with van der Waals surface area (Å²) in [4.78, 5) is 25.6. The molecular formula is C12H9ClN2O4. The van der Waals surface area contributed by atoms with Crippen LogP contribution in [0.15, 0.2) is 30.6 Å². The molecule has 2 N–H and O–H groups in total. The predicted octanol–water partition coefficient (Wildman–Crippen LogP) is 1.98. The van der Waals surface area contributed by atoms with Gasteiger partial charge in [0.05, 0.1) is 6.33 Å². The fourth-order valence-corrected chi connectivity index (χ4v) is 1.80. The van der Waals surface area contributed by atoms with E-state index >= 15 is 0 Å². The van der Waals surface area contributed by atoms with E-state index in [0.717, 1.165) is 5.56 Å². The topological polar surface area (TPSA) is 92.4 Å². The van der Waals surface area contributed by atoms with Crippen LogP contribution >= 0.6 is 11.6 Å². The van der Waals surface area contributed by atoms with E-state index in [-0.39, 0.29) is 12.2 Å². The molecule has 0 atom stereocenters. The summed E-state index contributed by atoms with van der Waals surface area (Å²) in [6, 6.07) is 6.81. The third-order valence-corrected chi connectivity index (χ3v) is 2.76. The van der Waals surface area contributed by atoms with Gasteiger partial charge in [0, 0.05) is 11.6 Å². The summed E-state index contributed by atoms with van der Waals surface area (Å²) in [5.74, 6) is -2.70. The van der Waals surface area contributed by atoms with Gasteiger partial charge in [-0.3, -0.25) is 0 Å². The van der Waals surface area contributed by atoms with Crippen LogP contribution in [-0.2, 0) is 6.54 Å². The van der Waals surface area contributed by atoms with Crippen molar-refractivity contribution in [2.24, 2.45) is 0 Å². The normalized spacial score (nSPS) is 10.4. The lowest BCUT2D eigenvalue weighted by atomic mass is 10.2. The summed E-state index contributed by atoms with van der Waals surface area (Å²) in [7, 11) is 0. The van der Waals surface area contributed by atoms with Crippen LogP contribution in [0.5, 0.6) is 0 Å². The number of aromatic nitrogens is 2. The van der Waals surface area contributed by atoms with Gasteiger partial charge in [0.2, 0.25) is 0 Å². The molecule has 0 aliphatic heterocycles. The van der Waals surface area contributed by atoms with Gasteiger partial charge in [-0.15, -0.1) is 0 Å². The average Bonchev–Trinajstić information content (AvgIpc) is 2.76. The van der Waals surface area contributed by atoms with E-state index in [1.807, 2.05) is 0 Å². The highest BCUT2D eigenvalue weighted by Gasteiger charge is 2.22. The second-order valence-corrected chi connectivity index (χ2v) is 4.24. The van der Waals surface area contributed by atoms with E-state index in [9.17, 15) is 9.59 Å². The lowest BCUT2D eigenvalue weighted by Gasteiger charge is -2.06. The number of rotatable bonds is 4. The van der Waals surface area contributed by atoms with E-state index < -0.39 is 17.6 Å². The first-order chi connectivity index (χ1) is 8.99. The van der Waals surface area contributed by atoms with Crippen molar-refractivity contribution in [2.75, 3.05) is 0 Å². The molecule has 1 aromatic carbocycles. The Bertz CT molecular complexity index is 634. The Balaban J connectivity index is 2.37. The molecule has 0 saturated heterocycles. The van der Waals surface area contributed by atoms with E-state index in [0.29, 0.717) is 5.02 Å². The summed E-state index contributed by atoms with van der Waals surface area (Å²) >= 11 is 5.75. The molecule has 7 heteroatoms. The summed E-state index contributed by atoms with van der Waals surface area (Å²) < 4.78 is 1.27. The van der Waals surface area contributed by atoms with Gasteiger partial charge in [-0.25, -0.2) is 14.6 Å². The summed E-state index contributed by atoms with van der Waals surface area (Å²) in [6.07, 6.45) is 1.20. The molecule has 98 valence electrons. The maximum Gasteiger partial charge on any atom is 0.357 e. The number of imidazole rings is 1. The summed E-state index contributed by atoms with van der Waals surface area (Å²) in [5, 5.41) is 18.5. The van der Waals surface area contributed by atoms with Gasteiger partial charge >= 0.3 is 11.9 Å². The molecule has 0 aliphatic carbocycles. The number of halogens is 1. The standard InChI is InChI=1S/C12H9ClN2O4/c13-8-3-1-7(2-4-8)5-15-6-14-9(11(16)17)10(15)12(18)19/h1-4,6H,5H2,(H,16,17)(H,18,19). The van der Waals surface area contributed by atoms with E-state index in [2.05, 4.69) is 4.98 Å². The van der Waals surface area contributed by atoms with Crippen molar-refractivity contribution in [3.05, 3.63) is 52.6 Å². The number of carboxylic acids is 2. The molecule has 0 bridgehead atoms. The molecule has 0 fully saturated rings. The maximum absolute atomic E-state index is 11.1. The molecule has 0 spiro atoms. The van der Waals surface area contributed by atoms with Crippen LogP contribution in [0.4, 0.5) is 0 Å².